The van der Waals surface area contributed by atoms with Crippen molar-refractivity contribution in [3.63, 3.8) is 0 Å². The predicted octanol–water partition coefficient (Wildman–Crippen LogP) is 3.05. The van der Waals surface area contributed by atoms with Crippen LogP contribution in [0.5, 0.6) is 0 Å². The molecule has 2 aromatic rings. The molecule has 2 aromatic carbocycles. The first-order chi connectivity index (χ1) is 9.68. The van der Waals surface area contributed by atoms with E-state index in [-0.39, 0.29) is 10.2 Å². The van der Waals surface area contributed by atoms with Gasteiger partial charge in [-0.05, 0) is 17.7 Å². The molecule has 3 nitrogen and oxygen atoms in total. The van der Waals surface area contributed by atoms with Crippen LogP contribution in [-0.2, 0) is 6.54 Å². The van der Waals surface area contributed by atoms with E-state index in [1.807, 2.05) is 48.5 Å². The fraction of sp³-hybridized carbons (Fsp3) is 0.0667. The summed E-state index contributed by atoms with van der Waals surface area (Å²) in [6.07, 6.45) is 0. The number of hydrogen-bond acceptors (Lipinski definition) is 3. The van der Waals surface area contributed by atoms with Crippen LogP contribution in [0, 0.1) is 0 Å². The highest BCUT2D eigenvalue weighted by Crippen LogP contribution is 2.07. The van der Waals surface area contributed by atoms with E-state index in [0.717, 1.165) is 5.56 Å². The van der Waals surface area contributed by atoms with Gasteiger partial charge in [-0.2, -0.15) is 0 Å². The van der Waals surface area contributed by atoms with Crippen molar-refractivity contribution in [1.82, 2.24) is 10.4 Å². The summed E-state index contributed by atoms with van der Waals surface area (Å²) in [7, 11) is 0. The molecule has 0 bridgehead atoms. The maximum Gasteiger partial charge on any atom is 0.273 e. The van der Waals surface area contributed by atoms with Crippen molar-refractivity contribution in [3.8, 4) is 0 Å². The molecule has 20 heavy (non-hydrogen) atoms. The Bertz CT molecular complexity index is 587. The lowest BCUT2D eigenvalue weighted by Gasteiger charge is -2.21. The van der Waals surface area contributed by atoms with E-state index in [1.165, 1.54) is 5.01 Å². The number of hydrazine groups is 1. The molecule has 0 saturated heterocycles. The third-order valence-corrected chi connectivity index (χ3v) is 3.08. The smallest absolute Gasteiger partial charge is 0.267 e. The van der Waals surface area contributed by atoms with Gasteiger partial charge >= 0.3 is 0 Å². The van der Waals surface area contributed by atoms with Gasteiger partial charge in [-0.3, -0.25) is 4.79 Å². The summed E-state index contributed by atoms with van der Waals surface area (Å²) in [6.45, 7) is 0.500. The minimum Gasteiger partial charge on any atom is -0.267 e. The number of benzene rings is 2. The number of rotatable bonds is 4. The van der Waals surface area contributed by atoms with E-state index in [9.17, 15) is 4.79 Å². The number of hydrogen-bond donors (Lipinski definition) is 2. The molecular formula is C15H14N2OS2. The van der Waals surface area contributed by atoms with E-state index in [2.05, 4.69) is 18.1 Å². The lowest BCUT2D eigenvalue weighted by molar-refractivity contribution is 0.0796. The first-order valence-electron chi connectivity index (χ1n) is 6.08. The monoisotopic (exact) mass is 302 g/mol. The molecule has 0 heterocycles. The van der Waals surface area contributed by atoms with Crippen LogP contribution in [0.3, 0.4) is 0 Å². The first-order valence-corrected chi connectivity index (χ1v) is 6.94. The number of thiol groups is 1. The molecule has 0 saturated carbocycles. The van der Waals surface area contributed by atoms with E-state index >= 15 is 0 Å². The average Bonchev–Trinajstić information content (AvgIpc) is 2.49. The Morgan fingerprint density at radius 3 is 2.15 bits per heavy atom. The van der Waals surface area contributed by atoms with Crippen LogP contribution < -0.4 is 5.43 Å². The summed E-state index contributed by atoms with van der Waals surface area (Å²) in [5.74, 6) is -0.221. The second-order valence-electron chi connectivity index (χ2n) is 4.11. The quantitative estimate of drug-likeness (QED) is 0.517. The third kappa shape index (κ3) is 3.90. The summed E-state index contributed by atoms with van der Waals surface area (Å²) in [6, 6.07) is 18.7. The number of carbonyl (C=O) groups is 1. The number of carbonyl (C=O) groups excluding carboxylic acids is 1. The SMILES string of the molecule is O=C(c1ccccc1)N(NCc1ccccc1)C(=S)S. The number of nitrogens with zero attached hydrogens (tertiary/aromatic N) is 1. The van der Waals surface area contributed by atoms with Crippen molar-refractivity contribution in [3.05, 3.63) is 71.8 Å². The van der Waals surface area contributed by atoms with Crippen molar-refractivity contribution in [1.29, 1.82) is 0 Å². The minimum absolute atomic E-state index is 0.190. The van der Waals surface area contributed by atoms with Crippen LogP contribution in [-0.4, -0.2) is 15.2 Å². The van der Waals surface area contributed by atoms with E-state index in [1.54, 1.807) is 12.1 Å². The molecule has 0 aromatic heterocycles. The normalized spacial score (nSPS) is 10.1. The Morgan fingerprint density at radius 2 is 1.60 bits per heavy atom. The molecule has 0 unspecified atom stereocenters. The molecule has 0 aliphatic heterocycles. The number of nitrogens with one attached hydrogen (secondary N) is 1. The summed E-state index contributed by atoms with van der Waals surface area (Å²) < 4.78 is 0.190. The summed E-state index contributed by atoms with van der Waals surface area (Å²) in [5, 5.41) is 1.28. The molecule has 0 aliphatic rings. The van der Waals surface area contributed by atoms with Gasteiger partial charge in [0.2, 0.25) is 0 Å². The van der Waals surface area contributed by atoms with Crippen molar-refractivity contribution < 1.29 is 4.79 Å². The zero-order valence-corrected chi connectivity index (χ0v) is 12.4. The van der Waals surface area contributed by atoms with Crippen LogP contribution in [0.15, 0.2) is 60.7 Å². The van der Waals surface area contributed by atoms with E-state index in [0.29, 0.717) is 12.1 Å². The maximum atomic E-state index is 12.3. The summed E-state index contributed by atoms with van der Waals surface area (Å²) in [4.78, 5) is 12.3. The Balaban J connectivity index is 2.08. The van der Waals surface area contributed by atoms with Crippen LogP contribution in [0.4, 0.5) is 0 Å². The van der Waals surface area contributed by atoms with Gasteiger partial charge < -0.3 is 0 Å². The predicted molar refractivity (Wildman–Crippen MR) is 87.5 cm³/mol. The fourth-order valence-electron chi connectivity index (χ4n) is 1.70. The van der Waals surface area contributed by atoms with Crippen LogP contribution >= 0.6 is 24.8 Å². The molecular weight excluding hydrogens is 288 g/mol. The number of thiocarbonyl (C=S) groups is 1. The van der Waals surface area contributed by atoms with Crippen molar-refractivity contribution >= 4 is 35.1 Å². The standard InChI is InChI=1S/C15H14N2OS2/c18-14(13-9-5-2-6-10-13)17(15(19)20)16-11-12-7-3-1-4-8-12/h1-10,16H,11H2,(H,19,20). The largest absolute Gasteiger partial charge is 0.273 e. The Morgan fingerprint density at radius 1 is 1.05 bits per heavy atom. The fourth-order valence-corrected chi connectivity index (χ4v) is 2.01. The Kier molecular flexibility index (Phi) is 5.29. The third-order valence-electron chi connectivity index (χ3n) is 2.70. The highest BCUT2D eigenvalue weighted by atomic mass is 32.1. The van der Waals surface area contributed by atoms with Crippen molar-refractivity contribution in [2.24, 2.45) is 0 Å². The molecule has 0 radical (unpaired) electrons. The zero-order valence-electron chi connectivity index (χ0n) is 10.7. The summed E-state index contributed by atoms with van der Waals surface area (Å²) in [5.41, 5.74) is 4.62. The molecule has 0 aliphatic carbocycles. The van der Waals surface area contributed by atoms with Crippen LogP contribution in [0.1, 0.15) is 15.9 Å². The van der Waals surface area contributed by atoms with Gasteiger partial charge in [0, 0.05) is 12.1 Å². The first kappa shape index (κ1) is 14.7. The van der Waals surface area contributed by atoms with E-state index in [4.69, 9.17) is 12.2 Å². The van der Waals surface area contributed by atoms with Crippen molar-refractivity contribution in [2.45, 2.75) is 6.54 Å². The Labute approximate surface area is 129 Å². The molecule has 5 heteroatoms. The minimum atomic E-state index is -0.221. The van der Waals surface area contributed by atoms with Gasteiger partial charge in [0.15, 0.2) is 4.32 Å². The zero-order chi connectivity index (χ0) is 14.4. The molecule has 102 valence electrons. The average molecular weight is 302 g/mol. The van der Waals surface area contributed by atoms with Crippen LogP contribution in [0.2, 0.25) is 0 Å². The van der Waals surface area contributed by atoms with Crippen molar-refractivity contribution in [2.75, 3.05) is 0 Å². The van der Waals surface area contributed by atoms with Gasteiger partial charge in [0.1, 0.15) is 0 Å². The molecule has 1 amide bonds. The Hall–Kier alpha value is -1.69. The lowest BCUT2D eigenvalue weighted by Crippen LogP contribution is -2.44. The van der Waals surface area contributed by atoms with Gasteiger partial charge in [-0.15, -0.1) is 12.6 Å². The second-order valence-corrected chi connectivity index (χ2v) is 5.22. The molecule has 0 fully saturated rings. The van der Waals surface area contributed by atoms with Gasteiger partial charge in [0.25, 0.3) is 5.91 Å². The van der Waals surface area contributed by atoms with Gasteiger partial charge in [-0.1, -0.05) is 60.7 Å². The van der Waals surface area contributed by atoms with Gasteiger partial charge in [0.05, 0.1) is 0 Å². The molecule has 2 rings (SSSR count). The molecule has 0 atom stereocenters. The maximum absolute atomic E-state index is 12.3. The molecule has 0 spiro atoms. The molecule has 1 N–H and O–H groups in total. The second kappa shape index (κ2) is 7.19. The lowest BCUT2D eigenvalue weighted by atomic mass is 10.2. The number of amides is 1. The summed E-state index contributed by atoms with van der Waals surface area (Å²) >= 11 is 9.12. The van der Waals surface area contributed by atoms with E-state index < -0.39 is 0 Å². The highest BCUT2D eigenvalue weighted by Gasteiger charge is 2.17. The van der Waals surface area contributed by atoms with Gasteiger partial charge in [-0.25, -0.2) is 10.4 Å². The highest BCUT2D eigenvalue weighted by molar-refractivity contribution is 8.11. The topological polar surface area (TPSA) is 32.3 Å². The van der Waals surface area contributed by atoms with Crippen LogP contribution in [0.25, 0.3) is 0 Å².